The molecule has 1 aromatic rings. The fraction of sp³-hybridized carbons (Fsp3) is 0.727. The third kappa shape index (κ3) is 3.43. The van der Waals surface area contributed by atoms with Gasteiger partial charge in [0.1, 0.15) is 0 Å². The predicted octanol–water partition coefficient (Wildman–Crippen LogP) is 0.848. The van der Waals surface area contributed by atoms with Crippen molar-refractivity contribution in [3.63, 3.8) is 0 Å². The predicted molar refractivity (Wildman–Crippen MR) is 74.7 cm³/mol. The third-order valence-corrected chi connectivity index (χ3v) is 2.82. The summed E-state index contributed by atoms with van der Waals surface area (Å²) in [6.45, 7) is 4.31. The molecule has 0 amide bonds. The number of nitrogens with one attached hydrogen (secondary N) is 1. The summed E-state index contributed by atoms with van der Waals surface area (Å²) in [7, 11) is 5.75. The van der Waals surface area contributed by atoms with E-state index in [0.717, 1.165) is 12.8 Å². The van der Waals surface area contributed by atoms with Crippen LogP contribution >= 0.6 is 0 Å². The summed E-state index contributed by atoms with van der Waals surface area (Å²) >= 11 is 0. The molecule has 1 unspecified atom stereocenters. The summed E-state index contributed by atoms with van der Waals surface area (Å²) in [6.07, 6.45) is 2.21. The Bertz CT molecular complexity index is 380. The zero-order valence-electron chi connectivity index (χ0n) is 11.8. The molecular weight excluding hydrogens is 230 g/mol. The van der Waals surface area contributed by atoms with Gasteiger partial charge in [-0.3, -0.25) is 5.43 Å². The minimum atomic E-state index is 0.373. The van der Waals surface area contributed by atoms with Crippen LogP contribution in [0.5, 0.6) is 0 Å². The van der Waals surface area contributed by atoms with Crippen molar-refractivity contribution < 1.29 is 0 Å². The standard InChI is InChI=1S/C11H23N7/c1-6-7-8(2)18(5)11-14-9(16-12)13-10(15-11)17(3)4/h8H,6-7,12H2,1-5H3,(H,13,14,15,16). The summed E-state index contributed by atoms with van der Waals surface area (Å²) in [4.78, 5) is 16.7. The van der Waals surface area contributed by atoms with E-state index >= 15 is 0 Å². The maximum atomic E-state index is 5.38. The van der Waals surface area contributed by atoms with Gasteiger partial charge in [0.25, 0.3) is 0 Å². The van der Waals surface area contributed by atoms with Crippen LogP contribution in [0.4, 0.5) is 17.8 Å². The zero-order valence-corrected chi connectivity index (χ0v) is 11.8. The van der Waals surface area contributed by atoms with Crippen molar-refractivity contribution >= 4 is 17.8 Å². The number of hydrazine groups is 1. The molecule has 1 rings (SSSR count). The van der Waals surface area contributed by atoms with Gasteiger partial charge in [-0.15, -0.1) is 0 Å². The molecule has 7 heteroatoms. The minimum Gasteiger partial charge on any atom is -0.347 e. The highest BCUT2D eigenvalue weighted by molar-refractivity contribution is 5.44. The van der Waals surface area contributed by atoms with Crippen molar-refractivity contribution in [1.29, 1.82) is 0 Å². The highest BCUT2D eigenvalue weighted by Gasteiger charge is 2.15. The normalized spacial score (nSPS) is 12.1. The van der Waals surface area contributed by atoms with Crippen LogP contribution in [0.25, 0.3) is 0 Å². The molecule has 3 N–H and O–H groups in total. The first-order valence-electron chi connectivity index (χ1n) is 6.12. The highest BCUT2D eigenvalue weighted by Crippen LogP contribution is 2.17. The lowest BCUT2D eigenvalue weighted by molar-refractivity contribution is 0.604. The van der Waals surface area contributed by atoms with Crippen molar-refractivity contribution in [2.75, 3.05) is 36.4 Å². The number of nitrogens with zero attached hydrogens (tertiary/aromatic N) is 5. The number of rotatable bonds is 6. The monoisotopic (exact) mass is 253 g/mol. The molecule has 1 atom stereocenters. The Kier molecular flexibility index (Phi) is 5.08. The van der Waals surface area contributed by atoms with E-state index in [1.807, 2.05) is 30.9 Å². The molecule has 18 heavy (non-hydrogen) atoms. The Labute approximate surface area is 108 Å². The molecule has 1 heterocycles. The van der Waals surface area contributed by atoms with Crippen LogP contribution in [0.3, 0.4) is 0 Å². The first-order chi connectivity index (χ1) is 8.49. The summed E-state index contributed by atoms with van der Waals surface area (Å²) in [5.74, 6) is 6.97. The molecule has 0 saturated heterocycles. The molecule has 1 aromatic heterocycles. The number of nitrogen functional groups attached to an aromatic ring is 1. The van der Waals surface area contributed by atoms with Crippen LogP contribution in [-0.4, -0.2) is 42.1 Å². The number of aromatic nitrogens is 3. The summed E-state index contributed by atoms with van der Waals surface area (Å²) in [5, 5.41) is 0. The van der Waals surface area contributed by atoms with Crippen LogP contribution in [0.1, 0.15) is 26.7 Å². The largest absolute Gasteiger partial charge is 0.347 e. The van der Waals surface area contributed by atoms with Crippen LogP contribution in [0.2, 0.25) is 0 Å². The van der Waals surface area contributed by atoms with Crippen molar-refractivity contribution in [2.45, 2.75) is 32.7 Å². The lowest BCUT2D eigenvalue weighted by Gasteiger charge is -2.25. The number of anilines is 3. The molecule has 0 aliphatic rings. The average molecular weight is 253 g/mol. The van der Waals surface area contributed by atoms with E-state index in [9.17, 15) is 0 Å². The van der Waals surface area contributed by atoms with E-state index in [4.69, 9.17) is 5.84 Å². The van der Waals surface area contributed by atoms with Crippen molar-refractivity contribution in [3.8, 4) is 0 Å². The molecule has 0 aliphatic heterocycles. The van der Waals surface area contributed by atoms with Gasteiger partial charge in [0.2, 0.25) is 17.8 Å². The van der Waals surface area contributed by atoms with Gasteiger partial charge in [0, 0.05) is 27.2 Å². The third-order valence-electron chi connectivity index (χ3n) is 2.82. The Balaban J connectivity index is 3.03. The number of hydrogen-bond acceptors (Lipinski definition) is 7. The molecule has 102 valence electrons. The topological polar surface area (TPSA) is 83.2 Å². The quantitative estimate of drug-likeness (QED) is 0.574. The Hall–Kier alpha value is -1.63. The fourth-order valence-corrected chi connectivity index (χ4v) is 1.58. The SMILES string of the molecule is CCCC(C)N(C)c1nc(NN)nc(N(C)C)n1. The fourth-order valence-electron chi connectivity index (χ4n) is 1.58. The Morgan fingerprint density at radius 3 is 2.28 bits per heavy atom. The second-order valence-corrected chi connectivity index (χ2v) is 4.55. The Morgan fingerprint density at radius 1 is 1.17 bits per heavy atom. The first-order valence-corrected chi connectivity index (χ1v) is 6.12. The lowest BCUT2D eigenvalue weighted by Crippen LogP contribution is -2.31. The summed E-state index contributed by atoms with van der Waals surface area (Å²) in [5.41, 5.74) is 2.47. The zero-order chi connectivity index (χ0) is 13.7. The maximum absolute atomic E-state index is 5.38. The van der Waals surface area contributed by atoms with E-state index in [1.54, 1.807) is 0 Å². The molecular formula is C11H23N7. The second-order valence-electron chi connectivity index (χ2n) is 4.55. The van der Waals surface area contributed by atoms with E-state index in [1.165, 1.54) is 0 Å². The minimum absolute atomic E-state index is 0.373. The molecule has 7 nitrogen and oxygen atoms in total. The number of hydrogen-bond donors (Lipinski definition) is 2. The number of nitrogens with two attached hydrogens (primary N) is 1. The summed E-state index contributed by atoms with van der Waals surface area (Å²) < 4.78 is 0. The van der Waals surface area contributed by atoms with E-state index in [-0.39, 0.29) is 0 Å². The van der Waals surface area contributed by atoms with Crippen molar-refractivity contribution in [1.82, 2.24) is 15.0 Å². The average Bonchev–Trinajstić information content (AvgIpc) is 2.37. The van der Waals surface area contributed by atoms with Gasteiger partial charge in [0.05, 0.1) is 0 Å². The molecule has 0 aromatic carbocycles. The molecule has 0 fully saturated rings. The van der Waals surface area contributed by atoms with Crippen LogP contribution in [-0.2, 0) is 0 Å². The molecule has 0 radical (unpaired) electrons. The molecule has 0 saturated carbocycles. The van der Waals surface area contributed by atoms with Gasteiger partial charge in [0.15, 0.2) is 0 Å². The van der Waals surface area contributed by atoms with E-state index in [2.05, 4.69) is 34.2 Å². The van der Waals surface area contributed by atoms with Gasteiger partial charge in [-0.1, -0.05) is 13.3 Å². The van der Waals surface area contributed by atoms with Gasteiger partial charge in [-0.05, 0) is 13.3 Å². The first kappa shape index (κ1) is 14.4. The van der Waals surface area contributed by atoms with Crippen LogP contribution < -0.4 is 21.1 Å². The van der Waals surface area contributed by atoms with Gasteiger partial charge >= 0.3 is 0 Å². The molecule has 0 aliphatic carbocycles. The lowest BCUT2D eigenvalue weighted by atomic mass is 10.2. The van der Waals surface area contributed by atoms with Gasteiger partial charge in [-0.2, -0.15) is 15.0 Å². The second kappa shape index (κ2) is 6.34. The smallest absolute Gasteiger partial charge is 0.243 e. The van der Waals surface area contributed by atoms with Gasteiger partial charge in [-0.25, -0.2) is 5.84 Å². The van der Waals surface area contributed by atoms with Crippen LogP contribution in [0, 0.1) is 0 Å². The maximum Gasteiger partial charge on any atom is 0.243 e. The van der Waals surface area contributed by atoms with Crippen LogP contribution in [0.15, 0.2) is 0 Å². The summed E-state index contributed by atoms with van der Waals surface area (Å²) in [6, 6.07) is 0.373. The van der Waals surface area contributed by atoms with E-state index < -0.39 is 0 Å². The molecule has 0 spiro atoms. The van der Waals surface area contributed by atoms with Crippen molar-refractivity contribution in [3.05, 3.63) is 0 Å². The van der Waals surface area contributed by atoms with E-state index in [0.29, 0.717) is 23.9 Å². The molecule has 0 bridgehead atoms. The van der Waals surface area contributed by atoms with Crippen molar-refractivity contribution in [2.24, 2.45) is 5.84 Å². The van der Waals surface area contributed by atoms with Gasteiger partial charge < -0.3 is 9.80 Å². The Morgan fingerprint density at radius 2 is 1.78 bits per heavy atom. The highest BCUT2D eigenvalue weighted by atomic mass is 15.4.